The first kappa shape index (κ1) is 13.2. The number of hydrogen-bond acceptors (Lipinski definition) is 4. The largest absolute Gasteiger partial charge is 0.371 e. The highest BCUT2D eigenvalue weighted by Gasteiger charge is 2.14. The van der Waals surface area contributed by atoms with E-state index in [0.29, 0.717) is 0 Å². The minimum Gasteiger partial charge on any atom is -0.371 e. The molecule has 1 saturated heterocycles. The Hall–Kier alpha value is -1.81. The maximum absolute atomic E-state index is 5.21. The first-order valence-electron chi connectivity index (χ1n) is 7.29. The summed E-state index contributed by atoms with van der Waals surface area (Å²) in [6.45, 7) is 5.87. The van der Waals surface area contributed by atoms with Crippen molar-refractivity contribution >= 4 is 5.69 Å². The van der Waals surface area contributed by atoms with Crippen molar-refractivity contribution in [2.45, 2.75) is 32.9 Å². The molecule has 0 bridgehead atoms. The van der Waals surface area contributed by atoms with Crippen LogP contribution in [0.5, 0.6) is 0 Å². The molecule has 0 radical (unpaired) electrons. The second-order valence-electron chi connectivity index (χ2n) is 5.36. The number of para-hydroxylation sites is 1. The molecule has 4 heteroatoms. The third-order valence-electron chi connectivity index (χ3n) is 3.73. The van der Waals surface area contributed by atoms with Crippen LogP contribution in [0.3, 0.4) is 0 Å². The van der Waals surface area contributed by atoms with Crippen LogP contribution in [0.2, 0.25) is 0 Å². The molecule has 2 aromatic rings. The lowest BCUT2D eigenvalue weighted by Crippen LogP contribution is -2.21. The van der Waals surface area contributed by atoms with Gasteiger partial charge in [-0.2, -0.15) is 0 Å². The molecule has 0 unspecified atom stereocenters. The average Bonchev–Trinajstić information content (AvgIpc) is 3.11. The molecule has 1 aromatic carbocycles. The second-order valence-corrected chi connectivity index (χ2v) is 5.36. The van der Waals surface area contributed by atoms with Gasteiger partial charge in [0.05, 0.1) is 12.2 Å². The summed E-state index contributed by atoms with van der Waals surface area (Å²) in [4.78, 5) is 2.48. The minimum atomic E-state index is 0.717. The topological polar surface area (TPSA) is 41.3 Å². The van der Waals surface area contributed by atoms with Crippen molar-refractivity contribution in [3.8, 4) is 0 Å². The molecule has 0 amide bonds. The van der Waals surface area contributed by atoms with E-state index in [4.69, 9.17) is 4.52 Å². The second kappa shape index (κ2) is 6.09. The highest BCUT2D eigenvalue weighted by molar-refractivity contribution is 5.54. The first-order chi connectivity index (χ1) is 9.83. The van der Waals surface area contributed by atoms with Crippen LogP contribution >= 0.6 is 0 Å². The van der Waals surface area contributed by atoms with Gasteiger partial charge in [0.1, 0.15) is 0 Å². The molecule has 2 heterocycles. The van der Waals surface area contributed by atoms with Crippen molar-refractivity contribution < 1.29 is 4.52 Å². The van der Waals surface area contributed by atoms with Crippen molar-refractivity contribution in [1.82, 2.24) is 10.5 Å². The maximum Gasteiger partial charge on any atom is 0.150 e. The van der Waals surface area contributed by atoms with Gasteiger partial charge in [0.15, 0.2) is 5.76 Å². The number of aryl methyl sites for hydroxylation is 1. The predicted octanol–water partition coefficient (Wildman–Crippen LogP) is 2.87. The van der Waals surface area contributed by atoms with Crippen LogP contribution in [-0.4, -0.2) is 18.2 Å². The smallest absolute Gasteiger partial charge is 0.150 e. The van der Waals surface area contributed by atoms with Crippen molar-refractivity contribution in [1.29, 1.82) is 0 Å². The van der Waals surface area contributed by atoms with Crippen LogP contribution in [0, 0.1) is 6.92 Å². The Morgan fingerprint density at radius 3 is 2.75 bits per heavy atom. The molecular weight excluding hydrogens is 250 g/mol. The fourth-order valence-electron chi connectivity index (χ4n) is 2.75. The molecule has 0 spiro atoms. The van der Waals surface area contributed by atoms with Crippen molar-refractivity contribution in [3.63, 3.8) is 0 Å². The molecular formula is C16H21N3O. The number of aromatic nitrogens is 1. The Morgan fingerprint density at radius 1 is 1.20 bits per heavy atom. The molecule has 1 N–H and O–H groups in total. The lowest BCUT2D eigenvalue weighted by atomic mass is 10.1. The van der Waals surface area contributed by atoms with Gasteiger partial charge in [0.25, 0.3) is 0 Å². The van der Waals surface area contributed by atoms with Crippen LogP contribution in [0.15, 0.2) is 34.9 Å². The standard InChI is InChI=1S/C16H21N3O/c1-13-10-15(20-18-13)12-17-11-14-6-2-3-7-16(14)19-8-4-5-9-19/h2-3,6-7,10,17H,4-5,8-9,11-12H2,1H3. The lowest BCUT2D eigenvalue weighted by Gasteiger charge is -2.21. The molecule has 0 atom stereocenters. The molecule has 20 heavy (non-hydrogen) atoms. The fraction of sp³-hybridized carbons (Fsp3) is 0.438. The Labute approximate surface area is 119 Å². The molecule has 4 nitrogen and oxygen atoms in total. The molecule has 1 fully saturated rings. The predicted molar refractivity (Wildman–Crippen MR) is 79.7 cm³/mol. The van der Waals surface area contributed by atoms with Crippen LogP contribution < -0.4 is 10.2 Å². The van der Waals surface area contributed by atoms with E-state index >= 15 is 0 Å². The van der Waals surface area contributed by atoms with E-state index in [0.717, 1.165) is 24.5 Å². The summed E-state index contributed by atoms with van der Waals surface area (Å²) in [5.74, 6) is 0.890. The number of benzene rings is 1. The molecule has 1 aliphatic rings. The molecule has 0 aliphatic carbocycles. The monoisotopic (exact) mass is 271 g/mol. The fourth-order valence-corrected chi connectivity index (χ4v) is 2.75. The van der Waals surface area contributed by atoms with Gasteiger partial charge in [-0.05, 0) is 31.4 Å². The van der Waals surface area contributed by atoms with Gasteiger partial charge in [0.2, 0.25) is 0 Å². The third kappa shape index (κ3) is 3.02. The van der Waals surface area contributed by atoms with Crippen LogP contribution in [0.4, 0.5) is 5.69 Å². The summed E-state index contributed by atoms with van der Waals surface area (Å²) < 4.78 is 5.21. The lowest BCUT2D eigenvalue weighted by molar-refractivity contribution is 0.369. The van der Waals surface area contributed by atoms with Gasteiger partial charge in [-0.25, -0.2) is 0 Å². The van der Waals surface area contributed by atoms with E-state index in [2.05, 4.69) is 39.6 Å². The Bertz CT molecular complexity index is 558. The summed E-state index contributed by atoms with van der Waals surface area (Å²) in [5.41, 5.74) is 3.65. The zero-order valence-corrected chi connectivity index (χ0v) is 11.9. The number of nitrogens with one attached hydrogen (secondary N) is 1. The summed E-state index contributed by atoms with van der Waals surface area (Å²) in [5, 5.41) is 7.33. The molecule has 0 saturated carbocycles. The van der Waals surface area contributed by atoms with Gasteiger partial charge >= 0.3 is 0 Å². The van der Waals surface area contributed by atoms with Gasteiger partial charge in [0, 0.05) is 31.4 Å². The average molecular weight is 271 g/mol. The maximum atomic E-state index is 5.21. The van der Waals surface area contributed by atoms with E-state index < -0.39 is 0 Å². The van der Waals surface area contributed by atoms with E-state index in [1.165, 1.54) is 37.2 Å². The zero-order chi connectivity index (χ0) is 13.8. The summed E-state index contributed by atoms with van der Waals surface area (Å²) in [7, 11) is 0. The van der Waals surface area contributed by atoms with Gasteiger partial charge in [-0.3, -0.25) is 0 Å². The zero-order valence-electron chi connectivity index (χ0n) is 11.9. The van der Waals surface area contributed by atoms with Crippen LogP contribution in [-0.2, 0) is 13.1 Å². The van der Waals surface area contributed by atoms with Gasteiger partial charge in [-0.1, -0.05) is 23.4 Å². The molecule has 106 valence electrons. The van der Waals surface area contributed by atoms with Crippen LogP contribution in [0.1, 0.15) is 29.9 Å². The van der Waals surface area contributed by atoms with Crippen molar-refractivity contribution in [3.05, 3.63) is 47.3 Å². The highest BCUT2D eigenvalue weighted by Crippen LogP contribution is 2.24. The number of rotatable bonds is 5. The Kier molecular flexibility index (Phi) is 4.02. The normalized spacial score (nSPS) is 14.9. The van der Waals surface area contributed by atoms with Crippen LogP contribution in [0.25, 0.3) is 0 Å². The van der Waals surface area contributed by atoms with E-state index in [9.17, 15) is 0 Å². The minimum absolute atomic E-state index is 0.717. The molecule has 1 aliphatic heterocycles. The highest BCUT2D eigenvalue weighted by atomic mass is 16.5. The molecule has 3 rings (SSSR count). The number of hydrogen-bond donors (Lipinski definition) is 1. The molecule has 1 aromatic heterocycles. The van der Waals surface area contributed by atoms with E-state index in [1.807, 2.05) is 13.0 Å². The first-order valence-corrected chi connectivity index (χ1v) is 7.29. The summed E-state index contributed by atoms with van der Waals surface area (Å²) in [6, 6.07) is 10.6. The Balaban J connectivity index is 1.62. The van der Waals surface area contributed by atoms with E-state index in [1.54, 1.807) is 0 Å². The van der Waals surface area contributed by atoms with Gasteiger partial charge < -0.3 is 14.7 Å². The number of anilines is 1. The quantitative estimate of drug-likeness (QED) is 0.908. The van der Waals surface area contributed by atoms with E-state index in [-0.39, 0.29) is 0 Å². The number of nitrogens with zero attached hydrogens (tertiary/aromatic N) is 2. The summed E-state index contributed by atoms with van der Waals surface area (Å²) >= 11 is 0. The SMILES string of the molecule is Cc1cc(CNCc2ccccc2N2CCCC2)on1. The third-order valence-corrected chi connectivity index (χ3v) is 3.73. The summed E-state index contributed by atoms with van der Waals surface area (Å²) in [6.07, 6.45) is 2.61. The van der Waals surface area contributed by atoms with Crippen molar-refractivity contribution in [2.24, 2.45) is 0 Å². The Morgan fingerprint density at radius 2 is 2.00 bits per heavy atom. The van der Waals surface area contributed by atoms with Gasteiger partial charge in [-0.15, -0.1) is 0 Å². The van der Waals surface area contributed by atoms with Crippen molar-refractivity contribution in [2.75, 3.05) is 18.0 Å².